The SMILES string of the molecule is CCCC/C=C\CCCCCCCC(=O)OCC(COC1OC(C(=O)O)C(O)C(O)C1OC(=O)CCCCCCCCCCCCCCCCC)OC(=O)CCCCCCC/C=C\CCCC. The van der Waals surface area contributed by atoms with Crippen LogP contribution in [0.2, 0.25) is 0 Å². The number of ether oxygens (including phenoxy) is 5. The van der Waals surface area contributed by atoms with Crippen molar-refractivity contribution in [2.45, 2.75) is 289 Å². The quantitative estimate of drug-likeness (QED) is 0.0228. The Labute approximate surface area is 407 Å². The van der Waals surface area contributed by atoms with Gasteiger partial charge in [-0.25, -0.2) is 4.79 Å². The number of hydrogen-bond donors (Lipinski definition) is 3. The number of hydrogen-bond acceptors (Lipinski definition) is 11. The van der Waals surface area contributed by atoms with Gasteiger partial charge in [-0.2, -0.15) is 0 Å². The van der Waals surface area contributed by atoms with Crippen LogP contribution in [0.15, 0.2) is 24.3 Å². The molecule has 0 saturated carbocycles. The number of esters is 3. The van der Waals surface area contributed by atoms with E-state index < -0.39 is 67.3 Å². The lowest BCUT2D eigenvalue weighted by atomic mass is 9.98. The molecule has 6 unspecified atom stereocenters. The molecule has 0 aromatic carbocycles. The molecule has 0 bridgehead atoms. The first-order valence-corrected chi connectivity index (χ1v) is 27.3. The highest BCUT2D eigenvalue weighted by Crippen LogP contribution is 2.26. The summed E-state index contributed by atoms with van der Waals surface area (Å²) in [6, 6.07) is 0. The van der Waals surface area contributed by atoms with Gasteiger partial charge in [0.2, 0.25) is 0 Å². The third-order valence-electron chi connectivity index (χ3n) is 12.5. The number of carboxylic acid groups (broad SMARTS) is 1. The van der Waals surface area contributed by atoms with Crippen molar-refractivity contribution in [1.29, 1.82) is 0 Å². The summed E-state index contributed by atoms with van der Waals surface area (Å²) in [6.45, 7) is 5.89. The molecule has 1 aliphatic heterocycles. The van der Waals surface area contributed by atoms with Crippen LogP contribution >= 0.6 is 0 Å². The van der Waals surface area contributed by atoms with Crippen LogP contribution in [0.3, 0.4) is 0 Å². The van der Waals surface area contributed by atoms with Crippen molar-refractivity contribution in [3.8, 4) is 0 Å². The lowest BCUT2D eigenvalue weighted by molar-refractivity contribution is -0.301. The fraction of sp³-hybridized carbons (Fsp3) is 0.855. The second-order valence-corrected chi connectivity index (χ2v) is 18.9. The fourth-order valence-electron chi connectivity index (χ4n) is 8.21. The van der Waals surface area contributed by atoms with Crippen molar-refractivity contribution in [2.75, 3.05) is 13.2 Å². The largest absolute Gasteiger partial charge is 0.479 e. The average molecular weight is 951 g/mol. The number of rotatable bonds is 46. The van der Waals surface area contributed by atoms with Crippen molar-refractivity contribution in [3.05, 3.63) is 24.3 Å². The predicted octanol–water partition coefficient (Wildman–Crippen LogP) is 13.1. The van der Waals surface area contributed by atoms with Gasteiger partial charge in [-0.05, 0) is 57.8 Å². The molecule has 67 heavy (non-hydrogen) atoms. The van der Waals surface area contributed by atoms with Gasteiger partial charge in [0.1, 0.15) is 18.8 Å². The van der Waals surface area contributed by atoms with Crippen molar-refractivity contribution >= 4 is 23.9 Å². The molecule has 0 spiro atoms. The first kappa shape index (κ1) is 62.2. The number of carbonyl (C=O) groups is 4. The molecule has 3 N–H and O–H groups in total. The molecular formula is C55H98O12. The topological polar surface area (TPSA) is 175 Å². The van der Waals surface area contributed by atoms with Crippen molar-refractivity contribution < 1.29 is 58.2 Å². The van der Waals surface area contributed by atoms with Crippen molar-refractivity contribution in [2.24, 2.45) is 0 Å². The Morgan fingerprint density at radius 1 is 0.478 bits per heavy atom. The second-order valence-electron chi connectivity index (χ2n) is 18.9. The molecule has 390 valence electrons. The zero-order valence-electron chi connectivity index (χ0n) is 42.7. The molecule has 1 rings (SSSR count). The molecule has 1 fully saturated rings. The summed E-state index contributed by atoms with van der Waals surface area (Å²) in [6.07, 6.45) is 35.9. The number of carboxylic acids is 1. The highest BCUT2D eigenvalue weighted by atomic mass is 16.7. The lowest BCUT2D eigenvalue weighted by Gasteiger charge is -2.40. The number of unbranched alkanes of at least 4 members (excludes halogenated alkanes) is 28. The predicted molar refractivity (Wildman–Crippen MR) is 266 cm³/mol. The highest BCUT2D eigenvalue weighted by Gasteiger charge is 2.50. The average Bonchev–Trinajstić information content (AvgIpc) is 3.31. The fourth-order valence-corrected chi connectivity index (χ4v) is 8.21. The van der Waals surface area contributed by atoms with Gasteiger partial charge in [-0.15, -0.1) is 0 Å². The van der Waals surface area contributed by atoms with Gasteiger partial charge >= 0.3 is 23.9 Å². The minimum Gasteiger partial charge on any atom is -0.479 e. The van der Waals surface area contributed by atoms with Crippen LogP contribution in [-0.4, -0.2) is 89.2 Å². The van der Waals surface area contributed by atoms with Crippen LogP contribution < -0.4 is 0 Å². The molecule has 1 heterocycles. The molecule has 0 amide bonds. The van der Waals surface area contributed by atoms with Gasteiger partial charge < -0.3 is 39.0 Å². The maximum absolute atomic E-state index is 13.0. The standard InChI is InChI=1S/C55H98O12/c1-4-7-10-13-16-19-22-23-24-25-28-31-34-37-40-43-49(58)66-53-51(60)50(59)52(54(61)62)67-55(53)64-45-46(65-48(57)42-39-36-33-30-27-21-18-15-12-9-6-3)44-63-47(56)41-38-35-32-29-26-20-17-14-11-8-5-2/h14-15,17-18,46,50-53,55,59-60H,4-13,16,19-45H2,1-3H3,(H,61,62)/b17-14-,18-15-. The highest BCUT2D eigenvalue weighted by molar-refractivity contribution is 5.74. The first-order chi connectivity index (χ1) is 32.6. The summed E-state index contributed by atoms with van der Waals surface area (Å²) in [4.78, 5) is 50.8. The van der Waals surface area contributed by atoms with E-state index in [1.54, 1.807) is 0 Å². The Kier molecular flexibility index (Phi) is 41.2. The third kappa shape index (κ3) is 35.0. The minimum absolute atomic E-state index is 0.0649. The Morgan fingerprint density at radius 2 is 0.866 bits per heavy atom. The molecule has 6 atom stereocenters. The number of aliphatic carboxylic acids is 1. The number of carbonyl (C=O) groups excluding carboxylic acids is 3. The summed E-state index contributed by atoms with van der Waals surface area (Å²) >= 11 is 0. The minimum atomic E-state index is -1.90. The lowest BCUT2D eigenvalue weighted by Crippen LogP contribution is -2.61. The summed E-state index contributed by atoms with van der Waals surface area (Å²) in [5.41, 5.74) is 0. The van der Waals surface area contributed by atoms with Crippen LogP contribution in [0.5, 0.6) is 0 Å². The molecule has 1 saturated heterocycles. The van der Waals surface area contributed by atoms with Crippen LogP contribution in [-0.2, 0) is 42.9 Å². The van der Waals surface area contributed by atoms with Gasteiger partial charge in [-0.1, -0.05) is 199 Å². The van der Waals surface area contributed by atoms with E-state index in [0.29, 0.717) is 19.3 Å². The summed E-state index contributed by atoms with van der Waals surface area (Å²) < 4.78 is 28.3. The Bertz CT molecular complexity index is 1270. The van der Waals surface area contributed by atoms with Crippen LogP contribution in [0.1, 0.15) is 252 Å². The van der Waals surface area contributed by atoms with E-state index in [1.807, 2.05) is 0 Å². The van der Waals surface area contributed by atoms with E-state index in [2.05, 4.69) is 45.1 Å². The van der Waals surface area contributed by atoms with Crippen LogP contribution in [0.25, 0.3) is 0 Å². The van der Waals surface area contributed by atoms with Gasteiger partial charge in [0.05, 0.1) is 6.61 Å². The van der Waals surface area contributed by atoms with Crippen molar-refractivity contribution in [1.82, 2.24) is 0 Å². The monoisotopic (exact) mass is 951 g/mol. The van der Waals surface area contributed by atoms with Crippen LogP contribution in [0.4, 0.5) is 0 Å². The van der Waals surface area contributed by atoms with E-state index in [1.165, 1.54) is 96.3 Å². The smallest absolute Gasteiger partial charge is 0.335 e. The van der Waals surface area contributed by atoms with E-state index in [0.717, 1.165) is 96.3 Å². The molecule has 0 aliphatic carbocycles. The molecule has 1 aliphatic rings. The summed E-state index contributed by atoms with van der Waals surface area (Å²) in [7, 11) is 0. The summed E-state index contributed by atoms with van der Waals surface area (Å²) in [5, 5.41) is 31.4. The summed E-state index contributed by atoms with van der Waals surface area (Å²) in [5.74, 6) is -3.12. The van der Waals surface area contributed by atoms with Gasteiger partial charge in [0.25, 0.3) is 0 Å². The Balaban J connectivity index is 2.70. The van der Waals surface area contributed by atoms with Crippen molar-refractivity contribution in [3.63, 3.8) is 0 Å². The number of aliphatic hydroxyl groups excluding tert-OH is 2. The molecular weight excluding hydrogens is 853 g/mol. The molecule has 12 heteroatoms. The normalized spacial score (nSPS) is 19.0. The zero-order valence-corrected chi connectivity index (χ0v) is 42.7. The zero-order chi connectivity index (χ0) is 49.0. The van der Waals surface area contributed by atoms with E-state index >= 15 is 0 Å². The molecule has 0 aromatic heterocycles. The third-order valence-corrected chi connectivity index (χ3v) is 12.5. The Morgan fingerprint density at radius 3 is 1.31 bits per heavy atom. The van der Waals surface area contributed by atoms with Crippen LogP contribution in [0, 0.1) is 0 Å². The first-order valence-electron chi connectivity index (χ1n) is 27.3. The maximum Gasteiger partial charge on any atom is 0.335 e. The molecule has 0 radical (unpaired) electrons. The van der Waals surface area contributed by atoms with Gasteiger partial charge in [0, 0.05) is 19.3 Å². The van der Waals surface area contributed by atoms with Gasteiger partial charge in [0.15, 0.2) is 24.6 Å². The molecule has 0 aromatic rings. The second kappa shape index (κ2) is 44.4. The number of allylic oxidation sites excluding steroid dienone is 4. The Hall–Kier alpha value is -2.80. The molecule has 12 nitrogen and oxygen atoms in total. The number of aliphatic hydroxyl groups is 2. The maximum atomic E-state index is 13.0. The van der Waals surface area contributed by atoms with Gasteiger partial charge in [-0.3, -0.25) is 14.4 Å². The van der Waals surface area contributed by atoms with E-state index in [9.17, 15) is 34.5 Å². The van der Waals surface area contributed by atoms with E-state index in [-0.39, 0.29) is 25.9 Å². The van der Waals surface area contributed by atoms with E-state index in [4.69, 9.17) is 23.7 Å².